The van der Waals surface area contributed by atoms with Gasteiger partial charge in [-0.1, -0.05) is 36.4 Å². The summed E-state index contributed by atoms with van der Waals surface area (Å²) in [5.41, 5.74) is 0.846. The number of rotatable bonds is 5. The van der Waals surface area contributed by atoms with E-state index < -0.39 is 0 Å². The summed E-state index contributed by atoms with van der Waals surface area (Å²) in [6.07, 6.45) is 0.825. The predicted octanol–water partition coefficient (Wildman–Crippen LogP) is 4.50. The standard InChI is InChI=1S/C24H22N2O3S/c1-25(2)12-6-13-26-20(18-9-5-14-30-18)19-21(27)17-11-10-15-7-3-4-8-16(15)22(17)29-23(19)24(26)28/h3-5,7-11,14,20H,6,12-13H2,1-2H3. The molecule has 5 nitrogen and oxygen atoms in total. The summed E-state index contributed by atoms with van der Waals surface area (Å²) in [6.45, 7) is 1.44. The summed E-state index contributed by atoms with van der Waals surface area (Å²) in [4.78, 5) is 31.9. The van der Waals surface area contributed by atoms with Crippen LogP contribution >= 0.6 is 11.3 Å². The van der Waals surface area contributed by atoms with Crippen molar-refractivity contribution in [3.8, 4) is 0 Å². The first-order valence-electron chi connectivity index (χ1n) is 10.0. The fourth-order valence-electron chi connectivity index (χ4n) is 4.28. The van der Waals surface area contributed by atoms with Gasteiger partial charge in [0, 0.05) is 16.8 Å². The van der Waals surface area contributed by atoms with E-state index in [1.807, 2.05) is 68.0 Å². The second-order valence-corrected chi connectivity index (χ2v) is 8.89. The van der Waals surface area contributed by atoms with Gasteiger partial charge >= 0.3 is 0 Å². The highest BCUT2D eigenvalue weighted by Gasteiger charge is 2.43. The number of carbonyl (C=O) groups is 1. The van der Waals surface area contributed by atoms with Gasteiger partial charge in [-0.25, -0.2) is 0 Å². The lowest BCUT2D eigenvalue weighted by atomic mass is 10.0. The minimum atomic E-state index is -0.387. The van der Waals surface area contributed by atoms with Crippen LogP contribution in [0.1, 0.15) is 33.5 Å². The van der Waals surface area contributed by atoms with Crippen LogP contribution in [0, 0.1) is 0 Å². The van der Waals surface area contributed by atoms with Gasteiger partial charge in [-0.3, -0.25) is 9.59 Å². The fraction of sp³-hybridized carbons (Fsp3) is 0.250. The number of thiophene rings is 1. The quantitative estimate of drug-likeness (QED) is 0.448. The van der Waals surface area contributed by atoms with Gasteiger partial charge in [-0.05, 0) is 50.0 Å². The average molecular weight is 419 g/mol. The van der Waals surface area contributed by atoms with Gasteiger partial charge in [0.15, 0.2) is 5.43 Å². The van der Waals surface area contributed by atoms with Crippen LogP contribution in [0.15, 0.2) is 63.1 Å². The summed E-state index contributed by atoms with van der Waals surface area (Å²) in [5, 5.41) is 4.33. The maximum atomic E-state index is 13.6. The van der Waals surface area contributed by atoms with E-state index in [9.17, 15) is 9.59 Å². The molecule has 1 unspecified atom stereocenters. The van der Waals surface area contributed by atoms with Gasteiger partial charge in [0.1, 0.15) is 5.58 Å². The summed E-state index contributed by atoms with van der Waals surface area (Å²) in [7, 11) is 4.03. The zero-order valence-electron chi connectivity index (χ0n) is 16.9. The molecule has 1 aliphatic rings. The molecular formula is C24H22N2O3S. The molecule has 5 rings (SSSR count). The lowest BCUT2D eigenvalue weighted by Gasteiger charge is -2.24. The molecule has 3 heterocycles. The third-order valence-corrected chi connectivity index (χ3v) is 6.60. The molecule has 2 aromatic carbocycles. The molecule has 0 N–H and O–H groups in total. The Labute approximate surface area is 178 Å². The molecule has 1 aliphatic heterocycles. The van der Waals surface area contributed by atoms with Crippen molar-refractivity contribution in [1.82, 2.24) is 9.80 Å². The molecule has 0 fully saturated rings. The van der Waals surface area contributed by atoms with Gasteiger partial charge in [-0.2, -0.15) is 0 Å². The lowest BCUT2D eigenvalue weighted by molar-refractivity contribution is 0.0724. The van der Waals surface area contributed by atoms with Crippen molar-refractivity contribution < 1.29 is 9.21 Å². The first kappa shape index (κ1) is 19.0. The predicted molar refractivity (Wildman–Crippen MR) is 120 cm³/mol. The van der Waals surface area contributed by atoms with E-state index in [1.165, 1.54) is 0 Å². The van der Waals surface area contributed by atoms with Crippen LogP contribution in [-0.2, 0) is 0 Å². The average Bonchev–Trinajstić information content (AvgIpc) is 3.35. The largest absolute Gasteiger partial charge is 0.450 e. The van der Waals surface area contributed by atoms with Gasteiger partial charge in [0.05, 0.1) is 17.0 Å². The molecule has 0 saturated carbocycles. The molecule has 0 saturated heterocycles. The molecule has 30 heavy (non-hydrogen) atoms. The third kappa shape index (κ3) is 2.95. The van der Waals surface area contributed by atoms with Crippen molar-refractivity contribution in [2.45, 2.75) is 12.5 Å². The Kier molecular flexibility index (Phi) is 4.68. The zero-order valence-corrected chi connectivity index (χ0v) is 17.7. The molecule has 1 atom stereocenters. The highest BCUT2D eigenvalue weighted by Crippen LogP contribution is 2.40. The fourth-order valence-corrected chi connectivity index (χ4v) is 5.12. The van der Waals surface area contributed by atoms with Gasteiger partial charge < -0.3 is 14.2 Å². The Morgan fingerprint density at radius 3 is 2.63 bits per heavy atom. The summed E-state index contributed by atoms with van der Waals surface area (Å²) < 4.78 is 6.20. The van der Waals surface area contributed by atoms with Crippen LogP contribution in [0.5, 0.6) is 0 Å². The topological polar surface area (TPSA) is 53.8 Å². The number of carbonyl (C=O) groups excluding carboxylic acids is 1. The van der Waals surface area contributed by atoms with E-state index in [4.69, 9.17) is 4.42 Å². The second kappa shape index (κ2) is 7.38. The minimum Gasteiger partial charge on any atom is -0.450 e. The van der Waals surface area contributed by atoms with E-state index in [2.05, 4.69) is 4.90 Å². The Bertz CT molecular complexity index is 1310. The zero-order chi connectivity index (χ0) is 20.8. The van der Waals surface area contributed by atoms with Crippen molar-refractivity contribution in [2.75, 3.05) is 27.2 Å². The Hall–Kier alpha value is -2.96. The van der Waals surface area contributed by atoms with Crippen LogP contribution in [0.25, 0.3) is 21.7 Å². The molecule has 0 spiro atoms. The van der Waals surface area contributed by atoms with Crippen LogP contribution in [-0.4, -0.2) is 42.9 Å². The second-order valence-electron chi connectivity index (χ2n) is 7.91. The SMILES string of the molecule is CN(C)CCCN1C(=O)c2oc3c(ccc4ccccc43)c(=O)c2C1c1cccs1. The maximum absolute atomic E-state index is 13.6. The van der Waals surface area contributed by atoms with Crippen LogP contribution in [0.2, 0.25) is 0 Å². The summed E-state index contributed by atoms with van der Waals surface area (Å²) in [6, 6.07) is 15.1. The third-order valence-electron chi connectivity index (χ3n) is 5.67. The normalized spacial score (nSPS) is 16.2. The molecule has 2 aromatic heterocycles. The van der Waals surface area contributed by atoms with Crippen molar-refractivity contribution in [2.24, 2.45) is 0 Å². The van der Waals surface area contributed by atoms with E-state index in [-0.39, 0.29) is 23.1 Å². The van der Waals surface area contributed by atoms with Crippen LogP contribution < -0.4 is 5.43 Å². The molecule has 4 aromatic rings. The number of hydrogen-bond acceptors (Lipinski definition) is 5. The minimum absolute atomic E-state index is 0.112. The van der Waals surface area contributed by atoms with Gasteiger partial charge in [-0.15, -0.1) is 11.3 Å². The summed E-state index contributed by atoms with van der Waals surface area (Å²) in [5.74, 6) is -0.0128. The van der Waals surface area contributed by atoms with Crippen LogP contribution in [0.4, 0.5) is 0 Å². The molecule has 152 valence electrons. The number of nitrogens with zero attached hydrogens (tertiary/aromatic N) is 2. The van der Waals surface area contributed by atoms with Crippen molar-refractivity contribution in [3.05, 3.63) is 80.3 Å². The Morgan fingerprint density at radius 2 is 1.87 bits per heavy atom. The van der Waals surface area contributed by atoms with Crippen LogP contribution in [0.3, 0.4) is 0 Å². The summed E-state index contributed by atoms with van der Waals surface area (Å²) >= 11 is 1.56. The van der Waals surface area contributed by atoms with Crippen molar-refractivity contribution in [1.29, 1.82) is 0 Å². The highest BCUT2D eigenvalue weighted by molar-refractivity contribution is 7.10. The first-order valence-corrected chi connectivity index (χ1v) is 10.9. The Morgan fingerprint density at radius 1 is 1.03 bits per heavy atom. The molecule has 0 radical (unpaired) electrons. The maximum Gasteiger partial charge on any atom is 0.290 e. The number of benzene rings is 2. The molecule has 6 heteroatoms. The Balaban J connectivity index is 1.72. The number of fused-ring (bicyclic) bond motifs is 4. The van der Waals surface area contributed by atoms with E-state index in [0.29, 0.717) is 23.1 Å². The van der Waals surface area contributed by atoms with Gasteiger partial charge in [0.25, 0.3) is 5.91 Å². The van der Waals surface area contributed by atoms with Crippen molar-refractivity contribution in [3.63, 3.8) is 0 Å². The molecule has 1 amide bonds. The molecule has 0 bridgehead atoms. The number of amides is 1. The smallest absolute Gasteiger partial charge is 0.290 e. The highest BCUT2D eigenvalue weighted by atomic mass is 32.1. The number of hydrogen-bond donors (Lipinski definition) is 0. The first-order chi connectivity index (χ1) is 14.6. The van der Waals surface area contributed by atoms with E-state index >= 15 is 0 Å². The van der Waals surface area contributed by atoms with Gasteiger partial charge in [0.2, 0.25) is 5.76 Å². The molecule has 0 aliphatic carbocycles. The van der Waals surface area contributed by atoms with E-state index in [0.717, 1.165) is 28.6 Å². The lowest BCUT2D eigenvalue weighted by Crippen LogP contribution is -2.31. The monoisotopic (exact) mass is 418 g/mol. The molecular weight excluding hydrogens is 396 g/mol. The van der Waals surface area contributed by atoms with Crippen molar-refractivity contribution >= 4 is 39.0 Å². The van der Waals surface area contributed by atoms with E-state index in [1.54, 1.807) is 16.2 Å².